The maximum absolute atomic E-state index is 12.9. The molecule has 1 aliphatic heterocycles. The first kappa shape index (κ1) is 19.3. The van der Waals surface area contributed by atoms with Crippen LogP contribution in [0.1, 0.15) is 23.7 Å². The van der Waals surface area contributed by atoms with Crippen molar-refractivity contribution < 1.29 is 27.8 Å². The van der Waals surface area contributed by atoms with E-state index in [1.165, 1.54) is 19.2 Å². The van der Waals surface area contributed by atoms with E-state index in [1.54, 1.807) is 17.0 Å². The third-order valence-electron chi connectivity index (χ3n) is 4.66. The Hall–Kier alpha value is -2.42. The van der Waals surface area contributed by atoms with Crippen LogP contribution < -0.4 is 15.4 Å². The number of hydrogen-bond donors (Lipinski definition) is 2. The van der Waals surface area contributed by atoms with E-state index in [1.807, 2.05) is 6.92 Å². The molecule has 1 heterocycles. The Balaban J connectivity index is 1.59. The number of likely N-dealkylation sites (tertiary alicyclic amines) is 1. The summed E-state index contributed by atoms with van der Waals surface area (Å²) in [7, 11) is 1.53. The smallest absolute Gasteiger partial charge is 0.315 e. The highest BCUT2D eigenvalue weighted by Gasteiger charge is 2.59. The minimum atomic E-state index is -2.76. The van der Waals surface area contributed by atoms with Gasteiger partial charge in [0.05, 0.1) is 18.6 Å². The summed E-state index contributed by atoms with van der Waals surface area (Å²) in [5.41, 5.74) is 0.415. The van der Waals surface area contributed by atoms with Crippen molar-refractivity contribution in [3.05, 3.63) is 29.8 Å². The van der Waals surface area contributed by atoms with Crippen LogP contribution in [0.2, 0.25) is 0 Å². The van der Waals surface area contributed by atoms with Gasteiger partial charge in [-0.2, -0.15) is 0 Å². The van der Waals surface area contributed by atoms with E-state index in [9.17, 15) is 18.4 Å². The van der Waals surface area contributed by atoms with Gasteiger partial charge in [0, 0.05) is 32.3 Å². The Kier molecular flexibility index (Phi) is 5.50. The summed E-state index contributed by atoms with van der Waals surface area (Å²) in [6, 6.07) is 5.49. The minimum Gasteiger partial charge on any atom is -0.484 e. The molecule has 0 bridgehead atoms. The van der Waals surface area contributed by atoms with Crippen LogP contribution >= 0.6 is 0 Å². The normalized spacial score (nSPS) is 25.8. The van der Waals surface area contributed by atoms with Crippen LogP contribution in [0.25, 0.3) is 0 Å². The first-order chi connectivity index (χ1) is 12.8. The number of halogens is 2. The van der Waals surface area contributed by atoms with E-state index >= 15 is 0 Å². The second-order valence-electron chi connectivity index (χ2n) is 6.69. The Morgan fingerprint density at radius 1 is 1.26 bits per heavy atom. The summed E-state index contributed by atoms with van der Waals surface area (Å²) in [4.78, 5) is 26.0. The van der Waals surface area contributed by atoms with Crippen LogP contribution in [-0.2, 0) is 4.74 Å². The molecule has 27 heavy (non-hydrogen) atoms. The predicted octanol–water partition coefficient (Wildman–Crippen LogP) is 1.63. The fourth-order valence-corrected chi connectivity index (χ4v) is 3.04. The van der Waals surface area contributed by atoms with E-state index in [2.05, 4.69) is 10.6 Å². The highest BCUT2D eigenvalue weighted by Crippen LogP contribution is 2.44. The molecule has 1 saturated carbocycles. The maximum atomic E-state index is 12.9. The molecule has 1 saturated heterocycles. The van der Waals surface area contributed by atoms with Crippen LogP contribution in [0.3, 0.4) is 0 Å². The number of urea groups is 1. The first-order valence-corrected chi connectivity index (χ1v) is 8.85. The summed E-state index contributed by atoms with van der Waals surface area (Å²) in [6.45, 7) is 2.98. The summed E-state index contributed by atoms with van der Waals surface area (Å²) in [5.74, 6) is -2.67. The maximum Gasteiger partial charge on any atom is 0.315 e. The molecular formula is C18H23F2N3O4. The van der Waals surface area contributed by atoms with Crippen molar-refractivity contribution in [2.24, 2.45) is 0 Å². The van der Waals surface area contributed by atoms with E-state index in [0.29, 0.717) is 30.9 Å². The SMILES string of the molecule is CCNC(=O)N[C@@H]1CN(C(=O)c2ccc(OC3CC3(F)F)cc2)C[C@H]1OC. The largest absolute Gasteiger partial charge is 0.484 e. The highest BCUT2D eigenvalue weighted by atomic mass is 19.3. The number of carbonyl (C=O) groups is 2. The molecule has 7 nitrogen and oxygen atoms in total. The second-order valence-corrected chi connectivity index (χ2v) is 6.69. The number of methoxy groups -OCH3 is 1. The van der Waals surface area contributed by atoms with E-state index < -0.39 is 12.0 Å². The van der Waals surface area contributed by atoms with Crippen LogP contribution in [0.15, 0.2) is 24.3 Å². The average Bonchev–Trinajstić information content (AvgIpc) is 3.03. The van der Waals surface area contributed by atoms with Gasteiger partial charge in [-0.25, -0.2) is 13.6 Å². The third kappa shape index (κ3) is 4.47. The summed E-state index contributed by atoms with van der Waals surface area (Å²) < 4.78 is 36.4. The lowest BCUT2D eigenvalue weighted by Gasteiger charge is -2.18. The van der Waals surface area contributed by atoms with Crippen molar-refractivity contribution in [2.45, 2.75) is 37.5 Å². The molecule has 1 aromatic carbocycles. The average molecular weight is 383 g/mol. The van der Waals surface area contributed by atoms with Crippen molar-refractivity contribution in [1.82, 2.24) is 15.5 Å². The topological polar surface area (TPSA) is 79.9 Å². The lowest BCUT2D eigenvalue weighted by atomic mass is 10.2. The fraction of sp³-hybridized carbons (Fsp3) is 0.556. The monoisotopic (exact) mass is 383 g/mol. The quantitative estimate of drug-likeness (QED) is 0.783. The van der Waals surface area contributed by atoms with Crippen LogP contribution in [0.4, 0.5) is 13.6 Å². The lowest BCUT2D eigenvalue weighted by Crippen LogP contribution is -2.48. The van der Waals surface area contributed by atoms with Gasteiger partial charge in [-0.15, -0.1) is 0 Å². The molecule has 1 aliphatic carbocycles. The van der Waals surface area contributed by atoms with Gasteiger partial charge in [0.2, 0.25) is 0 Å². The number of nitrogens with one attached hydrogen (secondary N) is 2. The van der Waals surface area contributed by atoms with Gasteiger partial charge in [-0.05, 0) is 31.2 Å². The molecule has 2 aliphatic rings. The highest BCUT2D eigenvalue weighted by molar-refractivity contribution is 5.94. The van der Waals surface area contributed by atoms with Crippen molar-refractivity contribution in [1.29, 1.82) is 0 Å². The van der Waals surface area contributed by atoms with Crippen LogP contribution in [0.5, 0.6) is 5.75 Å². The van der Waals surface area contributed by atoms with Gasteiger partial charge < -0.3 is 25.0 Å². The van der Waals surface area contributed by atoms with Crippen LogP contribution in [-0.4, -0.2) is 67.8 Å². The minimum absolute atomic E-state index is 0.222. The lowest BCUT2D eigenvalue weighted by molar-refractivity contribution is 0.0663. The molecule has 3 amide bonds. The summed E-state index contributed by atoms with van der Waals surface area (Å²) in [6.07, 6.45) is -1.67. The van der Waals surface area contributed by atoms with Gasteiger partial charge in [0.25, 0.3) is 11.8 Å². The van der Waals surface area contributed by atoms with Crippen molar-refractivity contribution in [3.8, 4) is 5.75 Å². The van der Waals surface area contributed by atoms with Gasteiger partial charge in [0.1, 0.15) is 5.75 Å². The molecule has 0 radical (unpaired) electrons. The number of rotatable bonds is 6. The Morgan fingerprint density at radius 2 is 1.93 bits per heavy atom. The Morgan fingerprint density at radius 3 is 2.48 bits per heavy atom. The van der Waals surface area contributed by atoms with Gasteiger partial charge in [-0.1, -0.05) is 0 Å². The third-order valence-corrected chi connectivity index (χ3v) is 4.66. The molecule has 9 heteroatoms. The molecule has 3 rings (SSSR count). The number of benzene rings is 1. The summed E-state index contributed by atoms with van der Waals surface area (Å²) >= 11 is 0. The van der Waals surface area contributed by atoms with Gasteiger partial charge in [-0.3, -0.25) is 4.79 Å². The zero-order valence-corrected chi connectivity index (χ0v) is 15.2. The fourth-order valence-electron chi connectivity index (χ4n) is 3.04. The van der Waals surface area contributed by atoms with E-state index in [-0.39, 0.29) is 30.5 Å². The standard InChI is InChI=1S/C18H23F2N3O4/c1-3-21-17(25)22-13-9-23(10-14(13)26-2)16(24)11-4-6-12(7-5-11)27-15-8-18(15,19)20/h4-7,13-15H,3,8-10H2,1-2H3,(H2,21,22,25)/t13-,14-,15?/m1/s1. The molecule has 1 unspecified atom stereocenters. The molecule has 2 N–H and O–H groups in total. The number of alkyl halides is 2. The van der Waals surface area contributed by atoms with Crippen molar-refractivity contribution >= 4 is 11.9 Å². The number of hydrogen-bond acceptors (Lipinski definition) is 4. The zero-order valence-electron chi connectivity index (χ0n) is 15.2. The van der Waals surface area contributed by atoms with Gasteiger partial charge in [0.15, 0.2) is 6.10 Å². The number of ether oxygens (including phenoxy) is 2. The number of carbonyl (C=O) groups excluding carboxylic acids is 2. The molecular weight excluding hydrogens is 360 g/mol. The molecule has 0 spiro atoms. The molecule has 1 aromatic rings. The Labute approximate surface area is 156 Å². The van der Waals surface area contributed by atoms with Crippen molar-refractivity contribution in [3.63, 3.8) is 0 Å². The molecule has 2 fully saturated rings. The van der Waals surface area contributed by atoms with Crippen LogP contribution in [0, 0.1) is 0 Å². The van der Waals surface area contributed by atoms with Gasteiger partial charge >= 0.3 is 6.03 Å². The predicted molar refractivity (Wildman–Crippen MR) is 93.1 cm³/mol. The zero-order chi connectivity index (χ0) is 19.6. The number of amides is 3. The second kappa shape index (κ2) is 7.67. The molecule has 3 atom stereocenters. The molecule has 0 aromatic heterocycles. The van der Waals surface area contributed by atoms with Crippen molar-refractivity contribution in [2.75, 3.05) is 26.7 Å². The van der Waals surface area contributed by atoms with E-state index in [0.717, 1.165) is 0 Å². The number of nitrogens with zero attached hydrogens (tertiary/aromatic N) is 1. The van der Waals surface area contributed by atoms with E-state index in [4.69, 9.17) is 9.47 Å². The Bertz CT molecular complexity index is 698. The summed E-state index contributed by atoms with van der Waals surface area (Å²) in [5, 5.41) is 5.45. The first-order valence-electron chi connectivity index (χ1n) is 8.85. The molecule has 148 valence electrons.